The van der Waals surface area contributed by atoms with Crippen LogP contribution in [-0.4, -0.2) is 27.8 Å². The van der Waals surface area contributed by atoms with E-state index in [0.717, 1.165) is 24.9 Å². The molecule has 0 spiro atoms. The molecule has 0 amide bonds. The second-order valence-corrected chi connectivity index (χ2v) is 7.51. The van der Waals surface area contributed by atoms with Crippen LogP contribution in [0.15, 0.2) is 23.1 Å². The lowest BCUT2D eigenvalue weighted by molar-refractivity contribution is 0.596. The van der Waals surface area contributed by atoms with Crippen LogP contribution >= 0.6 is 11.6 Å². The fourth-order valence-electron chi connectivity index (χ4n) is 2.30. The summed E-state index contributed by atoms with van der Waals surface area (Å²) in [5.74, 6) is 0.0771. The van der Waals surface area contributed by atoms with Crippen LogP contribution < -0.4 is 5.32 Å². The number of nitrogens with one attached hydrogen (secondary N) is 1. The summed E-state index contributed by atoms with van der Waals surface area (Å²) in [5.41, 5.74) is 1.30. The highest BCUT2D eigenvalue weighted by Gasteiger charge is 2.43. The van der Waals surface area contributed by atoms with Crippen molar-refractivity contribution in [2.75, 3.05) is 19.3 Å². The third kappa shape index (κ3) is 2.42. The van der Waals surface area contributed by atoms with E-state index in [1.54, 1.807) is 13.0 Å². The Morgan fingerprint density at radius 2 is 2.06 bits per heavy atom. The summed E-state index contributed by atoms with van der Waals surface area (Å²) in [4.78, 5) is 0.246. The molecule has 100 valence electrons. The highest BCUT2D eigenvalue weighted by Crippen LogP contribution is 2.48. The highest BCUT2D eigenvalue weighted by molar-refractivity contribution is 7.91. The lowest BCUT2D eigenvalue weighted by Crippen LogP contribution is -2.23. The minimum atomic E-state index is -3.23. The predicted octanol–water partition coefficient (Wildman–Crippen LogP) is 2.38. The summed E-state index contributed by atoms with van der Waals surface area (Å²) in [7, 11) is -1.30. The molecule has 18 heavy (non-hydrogen) atoms. The first-order valence-electron chi connectivity index (χ1n) is 6.12. The van der Waals surface area contributed by atoms with Crippen molar-refractivity contribution >= 4 is 21.4 Å². The minimum Gasteiger partial charge on any atom is -0.319 e. The van der Waals surface area contributed by atoms with Gasteiger partial charge in [0.25, 0.3) is 0 Å². The Labute approximate surface area is 113 Å². The van der Waals surface area contributed by atoms with Crippen LogP contribution in [0.5, 0.6) is 0 Å². The first-order chi connectivity index (χ1) is 8.45. The summed E-state index contributed by atoms with van der Waals surface area (Å²) in [6.07, 6.45) is 2.26. The molecule has 0 aliphatic heterocycles. The summed E-state index contributed by atoms with van der Waals surface area (Å²) in [6.45, 7) is 2.53. The molecule has 1 saturated carbocycles. The number of sulfone groups is 1. The number of benzene rings is 1. The van der Waals surface area contributed by atoms with Crippen LogP contribution in [0.4, 0.5) is 0 Å². The van der Waals surface area contributed by atoms with Crippen molar-refractivity contribution < 1.29 is 8.42 Å². The van der Waals surface area contributed by atoms with Gasteiger partial charge in [-0.3, -0.25) is 0 Å². The Balaban J connectivity index is 2.37. The van der Waals surface area contributed by atoms with Gasteiger partial charge in [0.2, 0.25) is 0 Å². The lowest BCUT2D eigenvalue weighted by Gasteiger charge is -2.16. The summed E-state index contributed by atoms with van der Waals surface area (Å²) >= 11 is 6.13. The Morgan fingerprint density at radius 3 is 2.50 bits per heavy atom. The molecule has 0 bridgehead atoms. The number of hydrogen-bond acceptors (Lipinski definition) is 3. The van der Waals surface area contributed by atoms with Crippen molar-refractivity contribution in [1.29, 1.82) is 0 Å². The number of hydrogen-bond donors (Lipinski definition) is 1. The molecule has 1 fully saturated rings. The van der Waals surface area contributed by atoms with E-state index in [1.807, 2.05) is 19.2 Å². The van der Waals surface area contributed by atoms with E-state index >= 15 is 0 Å². The quantitative estimate of drug-likeness (QED) is 0.904. The highest BCUT2D eigenvalue weighted by atomic mass is 35.5. The molecule has 1 aliphatic rings. The van der Waals surface area contributed by atoms with Gasteiger partial charge in [0.05, 0.1) is 15.7 Å². The molecule has 3 nitrogen and oxygen atoms in total. The van der Waals surface area contributed by atoms with E-state index in [2.05, 4.69) is 5.32 Å². The van der Waals surface area contributed by atoms with E-state index in [9.17, 15) is 8.42 Å². The molecule has 2 rings (SSSR count). The Kier molecular flexibility index (Phi) is 3.72. The van der Waals surface area contributed by atoms with Crippen molar-refractivity contribution in [3.8, 4) is 0 Å². The van der Waals surface area contributed by atoms with Crippen molar-refractivity contribution in [2.24, 2.45) is 0 Å². The predicted molar refractivity (Wildman–Crippen MR) is 74.0 cm³/mol. The van der Waals surface area contributed by atoms with Gasteiger partial charge >= 0.3 is 0 Å². The maximum Gasteiger partial charge on any atom is 0.179 e. The third-order valence-corrected chi connectivity index (χ3v) is 5.84. The van der Waals surface area contributed by atoms with E-state index in [4.69, 9.17) is 11.6 Å². The summed E-state index contributed by atoms with van der Waals surface area (Å²) < 4.78 is 23.7. The standard InChI is InChI=1S/C13H18ClNO2S/c1-3-18(16,17)12-5-4-10(8-11(12)14)13(6-7-13)9-15-2/h4-5,8,15H,3,6-7,9H2,1-2H3. The van der Waals surface area contributed by atoms with Gasteiger partial charge in [-0.05, 0) is 37.6 Å². The second-order valence-electron chi connectivity index (χ2n) is 4.86. The van der Waals surface area contributed by atoms with Gasteiger partial charge in [0, 0.05) is 12.0 Å². The SMILES string of the molecule is CCS(=O)(=O)c1ccc(C2(CNC)CC2)cc1Cl. The van der Waals surface area contributed by atoms with Crippen LogP contribution in [0.3, 0.4) is 0 Å². The number of rotatable bonds is 5. The maximum absolute atomic E-state index is 11.8. The van der Waals surface area contributed by atoms with Gasteiger partial charge in [-0.15, -0.1) is 0 Å². The van der Waals surface area contributed by atoms with E-state index in [1.165, 1.54) is 0 Å². The molecule has 1 aromatic carbocycles. The fraction of sp³-hybridized carbons (Fsp3) is 0.538. The monoisotopic (exact) mass is 287 g/mol. The molecular formula is C13H18ClNO2S. The average Bonchev–Trinajstić information content (AvgIpc) is 3.10. The average molecular weight is 288 g/mol. The molecule has 1 aromatic rings. The molecular weight excluding hydrogens is 270 g/mol. The number of halogens is 1. The van der Waals surface area contributed by atoms with Gasteiger partial charge in [0.1, 0.15) is 0 Å². The van der Waals surface area contributed by atoms with E-state index < -0.39 is 9.84 Å². The van der Waals surface area contributed by atoms with Crippen molar-refractivity contribution in [1.82, 2.24) is 5.32 Å². The molecule has 5 heteroatoms. The van der Waals surface area contributed by atoms with Crippen molar-refractivity contribution in [3.05, 3.63) is 28.8 Å². The molecule has 0 aromatic heterocycles. The third-order valence-electron chi connectivity index (χ3n) is 3.63. The van der Waals surface area contributed by atoms with Crippen LogP contribution in [0.1, 0.15) is 25.3 Å². The maximum atomic E-state index is 11.8. The van der Waals surface area contributed by atoms with Gasteiger partial charge in [-0.2, -0.15) is 0 Å². The van der Waals surface area contributed by atoms with Crippen LogP contribution in [0.2, 0.25) is 5.02 Å². The van der Waals surface area contributed by atoms with Gasteiger partial charge < -0.3 is 5.32 Å². The molecule has 0 radical (unpaired) electrons. The molecule has 0 heterocycles. The van der Waals surface area contributed by atoms with E-state index in [-0.39, 0.29) is 16.1 Å². The largest absolute Gasteiger partial charge is 0.319 e. The Hall–Kier alpha value is -0.580. The van der Waals surface area contributed by atoms with Crippen molar-refractivity contribution in [2.45, 2.75) is 30.1 Å². The van der Waals surface area contributed by atoms with Gasteiger partial charge in [0.15, 0.2) is 9.84 Å². The van der Waals surface area contributed by atoms with Crippen molar-refractivity contribution in [3.63, 3.8) is 0 Å². The van der Waals surface area contributed by atoms with Crippen LogP contribution in [0, 0.1) is 0 Å². The molecule has 1 N–H and O–H groups in total. The molecule has 0 unspecified atom stereocenters. The first kappa shape index (κ1) is 13.8. The normalized spacial score (nSPS) is 17.7. The van der Waals surface area contributed by atoms with Gasteiger partial charge in [-0.1, -0.05) is 24.6 Å². The minimum absolute atomic E-state index is 0.0771. The fourth-order valence-corrected chi connectivity index (χ4v) is 3.77. The zero-order valence-corrected chi connectivity index (χ0v) is 12.2. The Morgan fingerprint density at radius 1 is 1.39 bits per heavy atom. The van der Waals surface area contributed by atoms with E-state index in [0.29, 0.717) is 5.02 Å². The lowest BCUT2D eigenvalue weighted by atomic mass is 9.96. The smallest absolute Gasteiger partial charge is 0.179 e. The van der Waals surface area contributed by atoms with Crippen LogP contribution in [0.25, 0.3) is 0 Å². The molecule has 1 aliphatic carbocycles. The zero-order valence-electron chi connectivity index (χ0n) is 10.7. The summed E-state index contributed by atoms with van der Waals surface area (Å²) in [6, 6.07) is 5.36. The molecule has 0 atom stereocenters. The first-order valence-corrected chi connectivity index (χ1v) is 8.15. The van der Waals surface area contributed by atoms with Crippen LogP contribution in [-0.2, 0) is 15.3 Å². The molecule has 0 saturated heterocycles. The number of likely N-dealkylation sites (N-methyl/N-ethyl adjacent to an activating group) is 1. The second kappa shape index (κ2) is 4.83. The van der Waals surface area contributed by atoms with Gasteiger partial charge in [-0.25, -0.2) is 8.42 Å². The Bertz CT molecular complexity index is 550. The zero-order chi connectivity index (χ0) is 13.4. The summed E-state index contributed by atoms with van der Waals surface area (Å²) in [5, 5.41) is 3.53. The topological polar surface area (TPSA) is 46.2 Å².